The Morgan fingerprint density at radius 3 is 2.29 bits per heavy atom. The molecule has 31 heavy (non-hydrogen) atoms. The number of aryl methyl sites for hydroxylation is 2. The largest absolute Gasteiger partial charge is 0.468 e. The minimum atomic E-state index is -0.299. The van der Waals surface area contributed by atoms with Gasteiger partial charge in [-0.25, -0.2) is 4.90 Å². The highest BCUT2D eigenvalue weighted by molar-refractivity contribution is 8.03. The molecule has 0 aliphatic carbocycles. The van der Waals surface area contributed by atoms with Crippen molar-refractivity contribution >= 4 is 40.5 Å². The fourth-order valence-electron chi connectivity index (χ4n) is 3.47. The molecule has 0 fully saturated rings. The Hall–Kier alpha value is -3.25. The second-order valence-electron chi connectivity index (χ2n) is 7.73. The van der Waals surface area contributed by atoms with Crippen LogP contribution in [0.3, 0.4) is 0 Å². The molecule has 0 unspecified atom stereocenters. The number of thioether (sulfide) groups is 1. The molecular formula is C25H24N2O3S. The lowest BCUT2D eigenvalue weighted by molar-refractivity contribution is -0.119. The van der Waals surface area contributed by atoms with Crippen LogP contribution in [0, 0.1) is 13.8 Å². The molecule has 1 aliphatic rings. The molecule has 0 atom stereocenters. The number of anilines is 2. The maximum Gasteiger partial charge on any atom is 0.272 e. The summed E-state index contributed by atoms with van der Waals surface area (Å²) >= 11 is 1.34. The zero-order chi connectivity index (χ0) is 22.1. The summed E-state index contributed by atoms with van der Waals surface area (Å²) in [7, 11) is 3.90. The summed E-state index contributed by atoms with van der Waals surface area (Å²) in [6.07, 6.45) is 1.61. The molecule has 2 heterocycles. The summed E-state index contributed by atoms with van der Waals surface area (Å²) in [6.45, 7) is 4.04. The first kappa shape index (κ1) is 21.0. The maximum atomic E-state index is 13.5. The Bertz CT molecular complexity index is 1160. The number of furan rings is 1. The first-order chi connectivity index (χ1) is 14.9. The Kier molecular flexibility index (Phi) is 5.74. The molecule has 0 saturated carbocycles. The molecule has 3 aromatic rings. The summed E-state index contributed by atoms with van der Waals surface area (Å²) in [5.74, 6) is 0.634. The van der Waals surface area contributed by atoms with E-state index in [4.69, 9.17) is 4.42 Å². The van der Waals surface area contributed by atoms with Crippen molar-refractivity contribution in [1.29, 1.82) is 0 Å². The minimum absolute atomic E-state index is 0.298. The predicted octanol–water partition coefficient (Wildman–Crippen LogP) is 5.18. The van der Waals surface area contributed by atoms with E-state index in [-0.39, 0.29) is 11.8 Å². The smallest absolute Gasteiger partial charge is 0.272 e. The van der Waals surface area contributed by atoms with Crippen LogP contribution in [-0.4, -0.2) is 25.9 Å². The van der Waals surface area contributed by atoms with Gasteiger partial charge in [-0.05, 0) is 66.9 Å². The zero-order valence-corrected chi connectivity index (χ0v) is 18.8. The molecule has 5 nitrogen and oxygen atoms in total. The van der Waals surface area contributed by atoms with Crippen molar-refractivity contribution in [3.63, 3.8) is 0 Å². The summed E-state index contributed by atoms with van der Waals surface area (Å²) in [4.78, 5) is 30.6. The van der Waals surface area contributed by atoms with Gasteiger partial charge in [0.25, 0.3) is 11.8 Å². The highest BCUT2D eigenvalue weighted by Gasteiger charge is 2.40. The number of nitrogens with zero attached hydrogens (tertiary/aromatic N) is 2. The van der Waals surface area contributed by atoms with E-state index in [1.807, 2.05) is 87.4 Å². The molecule has 0 radical (unpaired) electrons. The van der Waals surface area contributed by atoms with E-state index in [1.165, 1.54) is 16.7 Å². The fourth-order valence-corrected chi connectivity index (χ4v) is 4.48. The fraction of sp³-hybridized carbons (Fsp3) is 0.200. The van der Waals surface area contributed by atoms with Crippen LogP contribution in [0.25, 0.3) is 5.57 Å². The van der Waals surface area contributed by atoms with E-state index in [2.05, 4.69) is 0 Å². The zero-order valence-electron chi connectivity index (χ0n) is 18.0. The lowest BCUT2D eigenvalue weighted by Crippen LogP contribution is -2.31. The third-order valence-electron chi connectivity index (χ3n) is 5.40. The molecule has 2 aromatic carbocycles. The second kappa shape index (κ2) is 8.47. The van der Waals surface area contributed by atoms with Crippen molar-refractivity contribution in [1.82, 2.24) is 0 Å². The number of hydrogen-bond donors (Lipinski definition) is 0. The van der Waals surface area contributed by atoms with Gasteiger partial charge in [-0.2, -0.15) is 0 Å². The SMILES string of the molecule is Cc1ccc(C2=C(SCc3ccco3)C(=O)N(c3ccc(N(C)C)cc3)C2=O)cc1C. The Morgan fingerprint density at radius 1 is 0.935 bits per heavy atom. The predicted molar refractivity (Wildman–Crippen MR) is 126 cm³/mol. The van der Waals surface area contributed by atoms with Crippen molar-refractivity contribution in [2.24, 2.45) is 0 Å². The van der Waals surface area contributed by atoms with E-state index in [9.17, 15) is 9.59 Å². The van der Waals surface area contributed by atoms with Crippen LogP contribution >= 0.6 is 11.8 Å². The van der Waals surface area contributed by atoms with E-state index < -0.39 is 0 Å². The summed E-state index contributed by atoms with van der Waals surface area (Å²) in [6, 6.07) is 17.0. The molecule has 1 aliphatic heterocycles. The van der Waals surface area contributed by atoms with Crippen molar-refractivity contribution in [3.8, 4) is 0 Å². The van der Waals surface area contributed by atoms with Crippen molar-refractivity contribution in [2.45, 2.75) is 19.6 Å². The molecule has 0 saturated heterocycles. The van der Waals surface area contributed by atoms with Gasteiger partial charge >= 0.3 is 0 Å². The van der Waals surface area contributed by atoms with Crippen molar-refractivity contribution < 1.29 is 14.0 Å². The van der Waals surface area contributed by atoms with Gasteiger partial charge in [0.15, 0.2) is 0 Å². The van der Waals surface area contributed by atoms with Gasteiger partial charge in [-0.3, -0.25) is 9.59 Å². The third kappa shape index (κ3) is 4.03. The molecule has 1 aromatic heterocycles. The number of rotatable bonds is 6. The molecule has 0 spiro atoms. The van der Waals surface area contributed by atoms with Crippen LogP contribution in [0.1, 0.15) is 22.5 Å². The van der Waals surface area contributed by atoms with Crippen LogP contribution in [0.15, 0.2) is 70.2 Å². The van der Waals surface area contributed by atoms with Crippen LogP contribution in [-0.2, 0) is 15.3 Å². The summed E-state index contributed by atoms with van der Waals surface area (Å²) in [5, 5.41) is 0. The van der Waals surface area contributed by atoms with Gasteiger partial charge < -0.3 is 9.32 Å². The Labute approximate surface area is 186 Å². The summed E-state index contributed by atoms with van der Waals surface area (Å²) in [5.41, 5.74) is 4.99. The highest BCUT2D eigenvalue weighted by Crippen LogP contribution is 2.40. The van der Waals surface area contributed by atoms with Gasteiger partial charge in [0.2, 0.25) is 0 Å². The Balaban J connectivity index is 1.74. The molecule has 158 valence electrons. The molecule has 0 bridgehead atoms. The van der Waals surface area contributed by atoms with Crippen molar-refractivity contribution in [2.75, 3.05) is 23.9 Å². The number of carbonyl (C=O) groups excluding carboxylic acids is 2. The lowest BCUT2D eigenvalue weighted by atomic mass is 10.0. The van der Waals surface area contributed by atoms with Crippen molar-refractivity contribution in [3.05, 3.63) is 88.2 Å². The average molecular weight is 433 g/mol. The number of benzene rings is 2. The molecular weight excluding hydrogens is 408 g/mol. The van der Waals surface area contributed by atoms with Gasteiger partial charge in [0.05, 0.1) is 28.2 Å². The highest BCUT2D eigenvalue weighted by atomic mass is 32.2. The van der Waals surface area contributed by atoms with Gasteiger partial charge in [-0.15, -0.1) is 11.8 Å². The van der Waals surface area contributed by atoms with E-state index >= 15 is 0 Å². The first-order valence-corrected chi connectivity index (χ1v) is 11.0. The van der Waals surface area contributed by atoms with Crippen LogP contribution < -0.4 is 9.80 Å². The van der Waals surface area contributed by atoms with Crippen LogP contribution in [0.5, 0.6) is 0 Å². The monoisotopic (exact) mass is 432 g/mol. The summed E-state index contributed by atoms with van der Waals surface area (Å²) < 4.78 is 5.42. The lowest BCUT2D eigenvalue weighted by Gasteiger charge is -2.18. The Morgan fingerprint density at radius 2 is 1.68 bits per heavy atom. The van der Waals surface area contributed by atoms with Crippen LogP contribution in [0.2, 0.25) is 0 Å². The number of hydrogen-bond acceptors (Lipinski definition) is 5. The third-order valence-corrected chi connectivity index (χ3v) is 6.50. The second-order valence-corrected chi connectivity index (χ2v) is 8.71. The van der Waals surface area contributed by atoms with E-state index in [1.54, 1.807) is 6.26 Å². The maximum absolute atomic E-state index is 13.5. The normalized spacial score (nSPS) is 14.0. The number of imide groups is 1. The average Bonchev–Trinajstić information content (AvgIpc) is 3.35. The van der Waals surface area contributed by atoms with E-state index in [0.717, 1.165) is 28.1 Å². The van der Waals surface area contributed by atoms with Gasteiger partial charge in [0, 0.05) is 19.8 Å². The molecule has 0 N–H and O–H groups in total. The van der Waals surface area contributed by atoms with Crippen LogP contribution in [0.4, 0.5) is 11.4 Å². The molecule has 6 heteroatoms. The topological polar surface area (TPSA) is 53.8 Å². The molecule has 2 amide bonds. The number of carbonyl (C=O) groups is 2. The minimum Gasteiger partial charge on any atom is -0.468 e. The number of amides is 2. The van der Waals surface area contributed by atoms with E-state index in [0.29, 0.717) is 21.9 Å². The molecule has 4 rings (SSSR count). The van der Waals surface area contributed by atoms with Gasteiger partial charge in [-0.1, -0.05) is 18.2 Å². The quantitative estimate of drug-likeness (QED) is 0.503. The van der Waals surface area contributed by atoms with Gasteiger partial charge in [0.1, 0.15) is 5.76 Å². The standard InChI is InChI=1S/C25H24N2O3S/c1-16-7-8-18(14-17(16)2)22-23(31-15-21-6-5-13-30-21)25(29)27(24(22)28)20-11-9-19(10-12-20)26(3)4/h5-14H,15H2,1-4H3. The first-order valence-electron chi connectivity index (χ1n) is 10.00.